The van der Waals surface area contributed by atoms with Crippen molar-refractivity contribution in [1.29, 1.82) is 0 Å². The third-order valence-corrected chi connectivity index (χ3v) is 3.93. The van der Waals surface area contributed by atoms with Crippen molar-refractivity contribution >= 4 is 0 Å². The number of rotatable bonds is 6. The first kappa shape index (κ1) is 15.1. The summed E-state index contributed by atoms with van der Waals surface area (Å²) in [5, 5.41) is 0. The zero-order valence-corrected chi connectivity index (χ0v) is 12.8. The molecule has 0 spiro atoms. The van der Waals surface area contributed by atoms with E-state index in [0.717, 1.165) is 31.2 Å². The summed E-state index contributed by atoms with van der Waals surface area (Å²) in [4.78, 5) is 4.82. The molecule has 0 amide bonds. The molecule has 2 rings (SSSR count). The number of hydrogen-bond acceptors (Lipinski definition) is 4. The molecule has 0 saturated carbocycles. The molecule has 1 aromatic carbocycles. The number of nitrogens with zero attached hydrogens (tertiary/aromatic N) is 2. The van der Waals surface area contributed by atoms with Gasteiger partial charge in [-0.3, -0.25) is 4.90 Å². The van der Waals surface area contributed by atoms with Crippen LogP contribution >= 0.6 is 0 Å². The Morgan fingerprint density at radius 2 is 2.10 bits per heavy atom. The summed E-state index contributed by atoms with van der Waals surface area (Å²) in [5.74, 6) is 1.72. The van der Waals surface area contributed by atoms with Crippen LogP contribution in [0.15, 0.2) is 24.3 Å². The molecule has 1 saturated heterocycles. The van der Waals surface area contributed by atoms with Crippen LogP contribution in [-0.2, 0) is 0 Å². The molecule has 0 aromatic heterocycles. The standard InChI is InChI=1S/C16H26N2O2/c1-17(2)14-6-5-9-18(13-14)10-11-20-16-8-4-7-15(12-16)19-3/h4,7-8,12,14H,5-6,9-11,13H2,1-3H3. The van der Waals surface area contributed by atoms with Gasteiger partial charge < -0.3 is 14.4 Å². The first-order valence-corrected chi connectivity index (χ1v) is 7.34. The van der Waals surface area contributed by atoms with Crippen LogP contribution in [0, 0.1) is 0 Å². The largest absolute Gasteiger partial charge is 0.497 e. The van der Waals surface area contributed by atoms with E-state index < -0.39 is 0 Å². The lowest BCUT2D eigenvalue weighted by Crippen LogP contribution is -2.46. The van der Waals surface area contributed by atoms with Crippen LogP contribution in [-0.4, -0.2) is 63.3 Å². The van der Waals surface area contributed by atoms with Crippen LogP contribution < -0.4 is 9.47 Å². The van der Waals surface area contributed by atoms with E-state index in [1.54, 1.807) is 7.11 Å². The SMILES string of the molecule is COc1cccc(OCCN2CCCC(N(C)C)C2)c1. The highest BCUT2D eigenvalue weighted by Crippen LogP contribution is 2.19. The molecule has 1 atom stereocenters. The molecule has 1 aliphatic heterocycles. The number of likely N-dealkylation sites (N-methyl/N-ethyl adjacent to an activating group) is 1. The molecule has 1 fully saturated rings. The van der Waals surface area contributed by atoms with E-state index in [-0.39, 0.29) is 0 Å². The summed E-state index contributed by atoms with van der Waals surface area (Å²) in [7, 11) is 6.01. The Balaban J connectivity index is 1.75. The number of ether oxygens (including phenoxy) is 2. The lowest BCUT2D eigenvalue weighted by molar-refractivity contribution is 0.117. The van der Waals surface area contributed by atoms with Crippen LogP contribution in [0.2, 0.25) is 0 Å². The average molecular weight is 278 g/mol. The minimum atomic E-state index is 0.681. The molecule has 112 valence electrons. The summed E-state index contributed by atoms with van der Waals surface area (Å²) in [6, 6.07) is 8.47. The Kier molecular flexibility index (Phi) is 5.68. The van der Waals surface area contributed by atoms with Gasteiger partial charge in [0, 0.05) is 25.2 Å². The predicted molar refractivity (Wildman–Crippen MR) is 81.6 cm³/mol. The highest BCUT2D eigenvalue weighted by Gasteiger charge is 2.20. The summed E-state index contributed by atoms with van der Waals surface area (Å²) in [6.07, 6.45) is 2.59. The molecule has 4 nitrogen and oxygen atoms in total. The van der Waals surface area contributed by atoms with E-state index in [4.69, 9.17) is 9.47 Å². The topological polar surface area (TPSA) is 24.9 Å². The first-order chi connectivity index (χ1) is 9.69. The minimum absolute atomic E-state index is 0.681. The van der Waals surface area contributed by atoms with Crippen molar-refractivity contribution in [1.82, 2.24) is 9.80 Å². The van der Waals surface area contributed by atoms with E-state index in [1.807, 2.05) is 24.3 Å². The number of methoxy groups -OCH3 is 1. The van der Waals surface area contributed by atoms with Gasteiger partial charge in [-0.2, -0.15) is 0 Å². The van der Waals surface area contributed by atoms with E-state index in [9.17, 15) is 0 Å². The molecule has 1 aromatic rings. The molecule has 1 unspecified atom stereocenters. The summed E-state index contributed by atoms with van der Waals surface area (Å²) in [6.45, 7) is 4.05. The van der Waals surface area contributed by atoms with E-state index >= 15 is 0 Å². The van der Waals surface area contributed by atoms with Gasteiger partial charge in [0.15, 0.2) is 0 Å². The fraction of sp³-hybridized carbons (Fsp3) is 0.625. The molecule has 0 aliphatic carbocycles. The van der Waals surface area contributed by atoms with Crippen LogP contribution in [0.3, 0.4) is 0 Å². The molecule has 0 radical (unpaired) electrons. The fourth-order valence-corrected chi connectivity index (χ4v) is 2.64. The number of likely N-dealkylation sites (tertiary alicyclic amines) is 1. The highest BCUT2D eigenvalue weighted by molar-refractivity contribution is 5.32. The third kappa shape index (κ3) is 4.39. The van der Waals surface area contributed by atoms with Crippen molar-refractivity contribution < 1.29 is 9.47 Å². The average Bonchev–Trinajstić information content (AvgIpc) is 2.48. The lowest BCUT2D eigenvalue weighted by atomic mass is 10.1. The van der Waals surface area contributed by atoms with Crippen LogP contribution in [0.1, 0.15) is 12.8 Å². The van der Waals surface area contributed by atoms with Crippen molar-refractivity contribution in [2.45, 2.75) is 18.9 Å². The van der Waals surface area contributed by atoms with Crippen LogP contribution in [0.25, 0.3) is 0 Å². The zero-order chi connectivity index (χ0) is 14.4. The van der Waals surface area contributed by atoms with Crippen LogP contribution in [0.5, 0.6) is 11.5 Å². The van der Waals surface area contributed by atoms with Gasteiger partial charge >= 0.3 is 0 Å². The van der Waals surface area contributed by atoms with Crippen molar-refractivity contribution in [3.63, 3.8) is 0 Å². The lowest BCUT2D eigenvalue weighted by Gasteiger charge is -2.36. The van der Waals surface area contributed by atoms with Gasteiger partial charge in [-0.15, -0.1) is 0 Å². The number of hydrogen-bond donors (Lipinski definition) is 0. The summed E-state index contributed by atoms with van der Waals surface area (Å²) in [5.41, 5.74) is 0. The normalized spacial score (nSPS) is 20.1. The smallest absolute Gasteiger partial charge is 0.123 e. The highest BCUT2D eigenvalue weighted by atomic mass is 16.5. The molecule has 0 bridgehead atoms. The maximum absolute atomic E-state index is 5.81. The van der Waals surface area contributed by atoms with Gasteiger partial charge in [-0.25, -0.2) is 0 Å². The second-order valence-electron chi connectivity index (χ2n) is 5.59. The summed E-state index contributed by atoms with van der Waals surface area (Å²) >= 11 is 0. The monoisotopic (exact) mass is 278 g/mol. The molecular formula is C16H26N2O2. The van der Waals surface area contributed by atoms with Gasteiger partial charge in [0.1, 0.15) is 18.1 Å². The van der Waals surface area contributed by atoms with Crippen molar-refractivity contribution in [2.24, 2.45) is 0 Å². The van der Waals surface area contributed by atoms with E-state index in [0.29, 0.717) is 6.04 Å². The predicted octanol–water partition coefficient (Wildman–Crippen LogP) is 2.10. The quantitative estimate of drug-likeness (QED) is 0.795. The summed E-state index contributed by atoms with van der Waals surface area (Å²) < 4.78 is 11.0. The number of piperidine rings is 1. The van der Waals surface area contributed by atoms with Gasteiger partial charge in [-0.1, -0.05) is 6.07 Å². The first-order valence-electron chi connectivity index (χ1n) is 7.34. The second kappa shape index (κ2) is 7.50. The molecule has 20 heavy (non-hydrogen) atoms. The van der Waals surface area contributed by atoms with Crippen molar-refractivity contribution in [3.8, 4) is 11.5 Å². The molecular weight excluding hydrogens is 252 g/mol. The maximum Gasteiger partial charge on any atom is 0.123 e. The van der Waals surface area contributed by atoms with Gasteiger partial charge in [0.05, 0.1) is 7.11 Å². The third-order valence-electron chi connectivity index (χ3n) is 3.93. The Labute approximate surface area is 122 Å². The molecule has 1 heterocycles. The zero-order valence-electron chi connectivity index (χ0n) is 12.8. The molecule has 1 aliphatic rings. The minimum Gasteiger partial charge on any atom is -0.497 e. The Morgan fingerprint density at radius 1 is 1.30 bits per heavy atom. The van der Waals surface area contributed by atoms with E-state index in [2.05, 4.69) is 23.9 Å². The molecule has 4 heteroatoms. The number of benzene rings is 1. The van der Waals surface area contributed by atoms with Crippen molar-refractivity contribution in [2.75, 3.05) is 47.4 Å². The molecule has 0 N–H and O–H groups in total. The van der Waals surface area contributed by atoms with Crippen LogP contribution in [0.4, 0.5) is 0 Å². The Hall–Kier alpha value is -1.26. The van der Waals surface area contributed by atoms with Gasteiger partial charge in [0.2, 0.25) is 0 Å². The van der Waals surface area contributed by atoms with Gasteiger partial charge in [-0.05, 0) is 45.6 Å². The van der Waals surface area contributed by atoms with E-state index in [1.165, 1.54) is 19.4 Å². The Bertz CT molecular complexity index is 409. The van der Waals surface area contributed by atoms with Gasteiger partial charge in [0.25, 0.3) is 0 Å². The van der Waals surface area contributed by atoms with Crippen molar-refractivity contribution in [3.05, 3.63) is 24.3 Å². The maximum atomic E-state index is 5.81. The fourth-order valence-electron chi connectivity index (χ4n) is 2.64. The Morgan fingerprint density at radius 3 is 2.85 bits per heavy atom. The second-order valence-corrected chi connectivity index (χ2v) is 5.59.